The van der Waals surface area contributed by atoms with Gasteiger partial charge in [-0.05, 0) is 43.7 Å². The van der Waals surface area contributed by atoms with Gasteiger partial charge >= 0.3 is 0 Å². The third-order valence-electron chi connectivity index (χ3n) is 5.20. The summed E-state index contributed by atoms with van der Waals surface area (Å²) in [5.41, 5.74) is 8.01. The highest BCUT2D eigenvalue weighted by Crippen LogP contribution is 2.32. The number of nitrogen functional groups attached to an aromatic ring is 1. The van der Waals surface area contributed by atoms with Crippen LogP contribution in [-0.2, 0) is 0 Å². The average Bonchev–Trinajstić information content (AvgIpc) is 3.05. The van der Waals surface area contributed by atoms with Crippen molar-refractivity contribution in [1.82, 2.24) is 19.6 Å². The fourth-order valence-electron chi connectivity index (χ4n) is 3.77. The van der Waals surface area contributed by atoms with E-state index in [-0.39, 0.29) is 23.6 Å². The van der Waals surface area contributed by atoms with Gasteiger partial charge in [0, 0.05) is 29.8 Å². The van der Waals surface area contributed by atoms with Crippen LogP contribution in [0.25, 0.3) is 16.8 Å². The lowest BCUT2D eigenvalue weighted by Crippen LogP contribution is -2.20. The van der Waals surface area contributed by atoms with E-state index in [0.29, 0.717) is 28.8 Å². The molecule has 0 atom stereocenters. The maximum Gasteiger partial charge on any atom is 0.213 e. The summed E-state index contributed by atoms with van der Waals surface area (Å²) in [5.74, 6) is -0.217. The molecule has 27 heavy (non-hydrogen) atoms. The van der Waals surface area contributed by atoms with Gasteiger partial charge in [0.2, 0.25) is 5.95 Å². The molecule has 1 aliphatic rings. The van der Waals surface area contributed by atoms with E-state index in [9.17, 15) is 14.3 Å². The zero-order valence-electron chi connectivity index (χ0n) is 14.7. The second-order valence-corrected chi connectivity index (χ2v) is 7.02. The van der Waals surface area contributed by atoms with Crippen molar-refractivity contribution in [2.75, 3.05) is 5.73 Å². The fourth-order valence-corrected chi connectivity index (χ4v) is 3.77. The topological polar surface area (TPSA) is 106 Å². The molecule has 0 bridgehead atoms. The second kappa shape index (κ2) is 7.03. The third-order valence-corrected chi connectivity index (χ3v) is 5.20. The van der Waals surface area contributed by atoms with Crippen molar-refractivity contribution >= 4 is 17.1 Å². The summed E-state index contributed by atoms with van der Waals surface area (Å²) in [7, 11) is 0. The Morgan fingerprint density at radius 3 is 2.78 bits per heavy atom. The van der Waals surface area contributed by atoms with Crippen molar-refractivity contribution in [1.29, 1.82) is 0 Å². The summed E-state index contributed by atoms with van der Waals surface area (Å²) >= 11 is 0. The monoisotopic (exact) mass is 369 g/mol. The van der Waals surface area contributed by atoms with E-state index >= 15 is 0 Å². The molecule has 1 saturated carbocycles. The number of fused-ring (bicyclic) bond motifs is 1. The van der Waals surface area contributed by atoms with Crippen LogP contribution in [0.2, 0.25) is 0 Å². The van der Waals surface area contributed by atoms with Gasteiger partial charge in [0.05, 0.1) is 11.8 Å². The lowest BCUT2D eigenvalue weighted by Gasteiger charge is -2.24. The minimum absolute atomic E-state index is 0.0452. The van der Waals surface area contributed by atoms with Crippen molar-refractivity contribution in [3.63, 3.8) is 0 Å². The first kappa shape index (κ1) is 17.5. The van der Waals surface area contributed by atoms with E-state index in [1.807, 2.05) is 0 Å². The molecule has 8 heteroatoms. The highest BCUT2D eigenvalue weighted by molar-refractivity contribution is 6.06. The number of anilines is 1. The summed E-state index contributed by atoms with van der Waals surface area (Å²) in [4.78, 5) is 20.6. The van der Waals surface area contributed by atoms with Crippen molar-refractivity contribution in [3.8, 4) is 11.3 Å². The summed E-state index contributed by atoms with van der Waals surface area (Å²) in [6.45, 7) is 0. The Labute approximate surface area is 155 Å². The van der Waals surface area contributed by atoms with Crippen molar-refractivity contribution in [2.24, 2.45) is 5.92 Å². The molecule has 7 nitrogen and oxygen atoms in total. The number of carbonyl (C=O) groups excluding carboxylic acids is 1. The first-order valence-electron chi connectivity index (χ1n) is 8.98. The molecule has 140 valence electrons. The molecule has 3 aromatic rings. The van der Waals surface area contributed by atoms with Crippen LogP contribution in [0.4, 0.5) is 10.2 Å². The molecular formula is C19H20FN5O2. The van der Waals surface area contributed by atoms with Gasteiger partial charge in [-0.15, -0.1) is 0 Å². The minimum Gasteiger partial charge on any atom is -0.393 e. The molecule has 0 amide bonds. The number of carbonyl (C=O) groups is 1. The number of nitrogens with zero attached hydrogens (tertiary/aromatic N) is 4. The van der Waals surface area contributed by atoms with Gasteiger partial charge in [-0.1, -0.05) is 0 Å². The molecule has 3 N–H and O–H groups in total. The lowest BCUT2D eigenvalue weighted by atomic mass is 9.83. The van der Waals surface area contributed by atoms with Crippen LogP contribution in [0.3, 0.4) is 0 Å². The van der Waals surface area contributed by atoms with Crippen molar-refractivity contribution < 1.29 is 14.3 Å². The molecule has 0 saturated heterocycles. The zero-order valence-corrected chi connectivity index (χ0v) is 14.7. The van der Waals surface area contributed by atoms with Crippen LogP contribution >= 0.6 is 0 Å². The molecule has 1 aliphatic carbocycles. The number of rotatable bonds is 4. The van der Waals surface area contributed by atoms with E-state index in [0.717, 1.165) is 25.7 Å². The maximum absolute atomic E-state index is 13.6. The summed E-state index contributed by atoms with van der Waals surface area (Å²) in [6.07, 6.45) is 5.89. The fraction of sp³-hybridized carbons (Fsp3) is 0.368. The zero-order chi connectivity index (χ0) is 19.0. The first-order chi connectivity index (χ1) is 13.0. The molecule has 0 unspecified atom stereocenters. The highest BCUT2D eigenvalue weighted by Gasteiger charge is 2.25. The largest absolute Gasteiger partial charge is 0.393 e. The quantitative estimate of drug-likeness (QED) is 0.541. The van der Waals surface area contributed by atoms with Gasteiger partial charge in [-0.25, -0.2) is 14.5 Å². The molecule has 0 aliphatic heterocycles. The van der Waals surface area contributed by atoms with Gasteiger partial charge in [0.1, 0.15) is 11.8 Å². The summed E-state index contributed by atoms with van der Waals surface area (Å²) < 4.78 is 15.1. The number of hydrogen-bond donors (Lipinski definition) is 2. The highest BCUT2D eigenvalue weighted by atomic mass is 19.1. The predicted molar refractivity (Wildman–Crippen MR) is 97.5 cm³/mol. The standard InChI is InChI=1S/C19H20FN5O2/c20-17-8-12(5-6-22-17)15-9-14(18-19(21)23-10-24-25(15)18)16(27)7-11-1-3-13(26)4-2-11/h5-6,8-11,13,26H,1-4,7H2,(H2,21,23,24). The molecule has 0 radical (unpaired) electrons. The van der Waals surface area contributed by atoms with Crippen LogP contribution in [0.1, 0.15) is 42.5 Å². The molecule has 1 fully saturated rings. The molecule has 3 heterocycles. The van der Waals surface area contributed by atoms with Crippen LogP contribution in [-0.4, -0.2) is 36.6 Å². The molecule has 0 aromatic carbocycles. The van der Waals surface area contributed by atoms with Gasteiger partial charge < -0.3 is 10.8 Å². The predicted octanol–water partition coefficient (Wildman–Crippen LogP) is 2.64. The van der Waals surface area contributed by atoms with Crippen molar-refractivity contribution in [2.45, 2.75) is 38.2 Å². The Morgan fingerprint density at radius 2 is 2.04 bits per heavy atom. The average molecular weight is 369 g/mol. The number of pyridine rings is 1. The lowest BCUT2D eigenvalue weighted by molar-refractivity contribution is 0.0861. The van der Waals surface area contributed by atoms with Crippen LogP contribution in [0, 0.1) is 11.9 Å². The number of aliphatic hydroxyl groups excluding tert-OH is 1. The summed E-state index contributed by atoms with van der Waals surface area (Å²) in [6, 6.07) is 4.63. The number of ketones is 1. The summed E-state index contributed by atoms with van der Waals surface area (Å²) in [5, 5.41) is 13.9. The Morgan fingerprint density at radius 1 is 1.26 bits per heavy atom. The Hall–Kier alpha value is -2.87. The van der Waals surface area contributed by atoms with Crippen LogP contribution < -0.4 is 5.73 Å². The number of nitrogens with two attached hydrogens (primary N) is 1. The smallest absolute Gasteiger partial charge is 0.213 e. The van der Waals surface area contributed by atoms with Gasteiger partial charge in [0.15, 0.2) is 11.6 Å². The van der Waals surface area contributed by atoms with Crippen LogP contribution in [0.15, 0.2) is 30.7 Å². The van der Waals surface area contributed by atoms with E-state index < -0.39 is 5.95 Å². The molecular weight excluding hydrogens is 349 g/mol. The second-order valence-electron chi connectivity index (χ2n) is 7.02. The van der Waals surface area contributed by atoms with Gasteiger partial charge in [-0.3, -0.25) is 4.79 Å². The maximum atomic E-state index is 13.6. The number of aliphatic hydroxyl groups is 1. The normalized spacial score (nSPS) is 20.1. The minimum atomic E-state index is -0.613. The first-order valence-corrected chi connectivity index (χ1v) is 8.98. The molecule has 4 rings (SSSR count). The number of aromatic nitrogens is 4. The molecule has 3 aromatic heterocycles. The number of Topliss-reactive ketones (excluding diaryl/α,β-unsaturated/α-hetero) is 1. The van der Waals surface area contributed by atoms with E-state index in [1.165, 1.54) is 23.1 Å². The SMILES string of the molecule is Nc1ncnn2c(-c3ccnc(F)c3)cc(C(=O)CC3CCC(O)CC3)c12. The number of halogens is 1. The Balaban J connectivity index is 1.73. The molecule has 0 spiro atoms. The Bertz CT molecular complexity index is 995. The van der Waals surface area contributed by atoms with Gasteiger partial charge in [-0.2, -0.15) is 9.49 Å². The number of hydrogen-bond acceptors (Lipinski definition) is 6. The van der Waals surface area contributed by atoms with E-state index in [4.69, 9.17) is 5.73 Å². The van der Waals surface area contributed by atoms with Crippen LogP contribution in [0.5, 0.6) is 0 Å². The Kier molecular flexibility index (Phi) is 4.57. The van der Waals surface area contributed by atoms with Crippen molar-refractivity contribution in [3.05, 3.63) is 42.2 Å². The third kappa shape index (κ3) is 3.40. The van der Waals surface area contributed by atoms with E-state index in [1.54, 1.807) is 12.1 Å². The van der Waals surface area contributed by atoms with Gasteiger partial charge in [0.25, 0.3) is 0 Å². The van der Waals surface area contributed by atoms with E-state index in [2.05, 4.69) is 15.1 Å².